The number of carbonyl (C=O) groups is 1. The highest BCUT2D eigenvalue weighted by Crippen LogP contribution is 2.45. The molecule has 0 saturated carbocycles. The van der Waals surface area contributed by atoms with Crippen molar-refractivity contribution in [2.24, 2.45) is 11.3 Å². The molecule has 1 spiro atoms. The van der Waals surface area contributed by atoms with Gasteiger partial charge in [-0.05, 0) is 18.9 Å². The fraction of sp³-hybridized carbons (Fsp3) is 0.696. The van der Waals surface area contributed by atoms with Crippen LogP contribution in [0.1, 0.15) is 18.4 Å². The van der Waals surface area contributed by atoms with Gasteiger partial charge in [-0.25, -0.2) is 0 Å². The predicted molar refractivity (Wildman–Crippen MR) is 115 cm³/mol. The average Bonchev–Trinajstić information content (AvgIpc) is 3.13. The molecule has 3 saturated heterocycles. The molecule has 8 heteroatoms. The average molecular weight is 435 g/mol. The Morgan fingerprint density at radius 2 is 1.90 bits per heavy atom. The number of carboxylic acids is 1. The van der Waals surface area contributed by atoms with E-state index >= 15 is 0 Å². The van der Waals surface area contributed by atoms with E-state index in [2.05, 4.69) is 15.9 Å². The molecule has 4 rings (SSSR count). The maximum absolute atomic E-state index is 12.0. The van der Waals surface area contributed by atoms with E-state index in [-0.39, 0.29) is 11.3 Å². The summed E-state index contributed by atoms with van der Waals surface area (Å²) in [5.74, 6) is 0.428. The first-order valence-electron chi connectivity index (χ1n) is 11.2. The van der Waals surface area contributed by atoms with Gasteiger partial charge in [0.05, 0.1) is 26.2 Å². The van der Waals surface area contributed by atoms with Crippen LogP contribution in [0.25, 0.3) is 0 Å². The number of para-hydroxylation sites is 1. The third kappa shape index (κ3) is 5.14. The summed E-state index contributed by atoms with van der Waals surface area (Å²) in [6.45, 7) is 8.09. The lowest BCUT2D eigenvalue weighted by Crippen LogP contribution is -2.40. The molecule has 1 aromatic carbocycles. The molecule has 172 valence electrons. The summed E-state index contributed by atoms with van der Waals surface area (Å²) in [4.78, 5) is 16.6. The lowest BCUT2D eigenvalue weighted by Gasteiger charge is -2.36. The summed E-state index contributed by atoms with van der Waals surface area (Å²) < 4.78 is 22.7. The monoisotopic (exact) mass is 434 g/mol. The van der Waals surface area contributed by atoms with E-state index in [0.29, 0.717) is 38.7 Å². The van der Waals surface area contributed by atoms with Crippen molar-refractivity contribution < 1.29 is 28.8 Å². The molecular formula is C23H34N2O6. The first-order valence-corrected chi connectivity index (χ1v) is 11.2. The van der Waals surface area contributed by atoms with Gasteiger partial charge in [0.2, 0.25) is 0 Å². The van der Waals surface area contributed by atoms with Crippen LogP contribution in [0.15, 0.2) is 18.2 Å². The number of hydrogen-bond donors (Lipinski definition) is 1. The van der Waals surface area contributed by atoms with Gasteiger partial charge in [0.25, 0.3) is 0 Å². The van der Waals surface area contributed by atoms with Crippen LogP contribution in [0.3, 0.4) is 0 Å². The highest BCUT2D eigenvalue weighted by atomic mass is 16.5. The quantitative estimate of drug-likeness (QED) is 0.663. The summed E-state index contributed by atoms with van der Waals surface area (Å²) in [5, 5.41) is 9.87. The van der Waals surface area contributed by atoms with E-state index in [1.165, 1.54) is 0 Å². The maximum atomic E-state index is 12.0. The smallest absolute Gasteiger partial charge is 0.308 e. The standard InChI is InChI=1S/C23H34N2O6/c1-28-20-4-2-3-18(21(20)31-14-9-24-7-12-30-13-8-24)15-25-16-19(22(26)27)23(17-25)5-10-29-11-6-23/h2-4,19H,5-17H2,1H3,(H,26,27). The Hall–Kier alpha value is -1.87. The van der Waals surface area contributed by atoms with Crippen molar-refractivity contribution in [3.63, 3.8) is 0 Å². The summed E-state index contributed by atoms with van der Waals surface area (Å²) in [5.41, 5.74) is 0.843. The molecule has 1 N–H and O–H groups in total. The van der Waals surface area contributed by atoms with Gasteiger partial charge >= 0.3 is 5.97 Å². The van der Waals surface area contributed by atoms with Crippen LogP contribution >= 0.6 is 0 Å². The summed E-state index contributed by atoms with van der Waals surface area (Å²) in [7, 11) is 1.65. The number of methoxy groups -OCH3 is 1. The van der Waals surface area contributed by atoms with Crippen molar-refractivity contribution >= 4 is 5.97 Å². The minimum atomic E-state index is -0.697. The number of ether oxygens (including phenoxy) is 4. The van der Waals surface area contributed by atoms with E-state index in [0.717, 1.165) is 63.5 Å². The second-order valence-electron chi connectivity index (χ2n) is 8.79. The van der Waals surface area contributed by atoms with Gasteiger partial charge in [-0.1, -0.05) is 12.1 Å². The summed E-state index contributed by atoms with van der Waals surface area (Å²) in [6, 6.07) is 5.94. The van der Waals surface area contributed by atoms with Crippen LogP contribution in [0.2, 0.25) is 0 Å². The highest BCUT2D eigenvalue weighted by Gasteiger charge is 2.50. The van der Waals surface area contributed by atoms with Crippen LogP contribution in [-0.4, -0.2) is 93.7 Å². The number of morpholine rings is 1. The van der Waals surface area contributed by atoms with Crippen molar-refractivity contribution in [2.45, 2.75) is 19.4 Å². The highest BCUT2D eigenvalue weighted by molar-refractivity contribution is 5.72. The molecule has 1 unspecified atom stereocenters. The first-order chi connectivity index (χ1) is 15.1. The van der Waals surface area contributed by atoms with E-state index in [1.807, 2.05) is 12.1 Å². The molecule has 0 aromatic heterocycles. The van der Waals surface area contributed by atoms with Crippen molar-refractivity contribution in [3.8, 4) is 11.5 Å². The molecule has 0 amide bonds. The van der Waals surface area contributed by atoms with Gasteiger partial charge in [-0.3, -0.25) is 14.6 Å². The molecule has 0 bridgehead atoms. The van der Waals surface area contributed by atoms with Crippen LogP contribution in [0.4, 0.5) is 0 Å². The molecule has 3 aliphatic rings. The van der Waals surface area contributed by atoms with E-state index < -0.39 is 5.97 Å². The number of aliphatic carboxylic acids is 1. The molecule has 3 aliphatic heterocycles. The van der Waals surface area contributed by atoms with Crippen LogP contribution in [0.5, 0.6) is 11.5 Å². The second kappa shape index (κ2) is 10.2. The topological polar surface area (TPSA) is 80.7 Å². The SMILES string of the molecule is COc1cccc(CN2CC(C(=O)O)C3(CCOCC3)C2)c1OCCN1CCOCC1. The van der Waals surface area contributed by atoms with Crippen LogP contribution < -0.4 is 9.47 Å². The Bertz CT molecular complexity index is 746. The van der Waals surface area contributed by atoms with Gasteiger partial charge in [-0.15, -0.1) is 0 Å². The molecule has 0 radical (unpaired) electrons. The Morgan fingerprint density at radius 3 is 2.61 bits per heavy atom. The van der Waals surface area contributed by atoms with E-state index in [4.69, 9.17) is 18.9 Å². The fourth-order valence-electron chi connectivity index (χ4n) is 5.17. The molecule has 0 aliphatic carbocycles. The van der Waals surface area contributed by atoms with Crippen molar-refractivity contribution in [2.75, 3.05) is 72.9 Å². The first kappa shape index (κ1) is 22.3. The van der Waals surface area contributed by atoms with Gasteiger partial charge in [-0.2, -0.15) is 0 Å². The Morgan fingerprint density at radius 1 is 1.16 bits per heavy atom. The van der Waals surface area contributed by atoms with Gasteiger partial charge in [0, 0.05) is 63.5 Å². The Balaban J connectivity index is 1.44. The number of carboxylic acid groups (broad SMARTS) is 1. The summed E-state index contributed by atoms with van der Waals surface area (Å²) in [6.07, 6.45) is 1.61. The van der Waals surface area contributed by atoms with Crippen LogP contribution in [0, 0.1) is 11.3 Å². The Labute approximate surface area is 184 Å². The molecule has 8 nitrogen and oxygen atoms in total. The molecule has 31 heavy (non-hydrogen) atoms. The van der Waals surface area contributed by atoms with E-state index in [9.17, 15) is 9.90 Å². The minimum Gasteiger partial charge on any atom is -0.493 e. The third-order valence-corrected chi connectivity index (χ3v) is 6.94. The second-order valence-corrected chi connectivity index (χ2v) is 8.79. The van der Waals surface area contributed by atoms with Crippen molar-refractivity contribution in [1.29, 1.82) is 0 Å². The maximum Gasteiger partial charge on any atom is 0.308 e. The van der Waals surface area contributed by atoms with Crippen molar-refractivity contribution in [3.05, 3.63) is 23.8 Å². The zero-order chi connectivity index (χ0) is 21.7. The number of benzene rings is 1. The van der Waals surface area contributed by atoms with Gasteiger partial charge in [0.15, 0.2) is 11.5 Å². The number of rotatable bonds is 8. The zero-order valence-corrected chi connectivity index (χ0v) is 18.4. The number of hydrogen-bond acceptors (Lipinski definition) is 7. The largest absolute Gasteiger partial charge is 0.493 e. The molecule has 3 heterocycles. The van der Waals surface area contributed by atoms with Crippen molar-refractivity contribution in [1.82, 2.24) is 9.80 Å². The number of likely N-dealkylation sites (tertiary alicyclic amines) is 1. The lowest BCUT2D eigenvalue weighted by molar-refractivity contribution is -0.147. The third-order valence-electron chi connectivity index (χ3n) is 6.94. The minimum absolute atomic E-state index is 0.194. The normalized spacial score (nSPS) is 24.4. The van der Waals surface area contributed by atoms with Gasteiger partial charge < -0.3 is 24.1 Å². The molecule has 3 fully saturated rings. The fourth-order valence-corrected chi connectivity index (χ4v) is 5.17. The number of nitrogens with zero attached hydrogens (tertiary/aromatic N) is 2. The lowest BCUT2D eigenvalue weighted by atomic mass is 9.72. The predicted octanol–water partition coefficient (Wildman–Crippen LogP) is 1.72. The van der Waals surface area contributed by atoms with Crippen LogP contribution in [-0.2, 0) is 20.8 Å². The molecular weight excluding hydrogens is 400 g/mol. The summed E-state index contributed by atoms with van der Waals surface area (Å²) >= 11 is 0. The Kier molecular flexibility index (Phi) is 7.32. The molecule has 1 atom stereocenters. The zero-order valence-electron chi connectivity index (χ0n) is 18.4. The van der Waals surface area contributed by atoms with E-state index in [1.54, 1.807) is 7.11 Å². The van der Waals surface area contributed by atoms with Gasteiger partial charge in [0.1, 0.15) is 6.61 Å². The molecule has 1 aromatic rings.